The molecule has 0 spiro atoms. The number of halogens is 2. The molecule has 2 aliphatic rings. The molecule has 0 aliphatic carbocycles. The highest BCUT2D eigenvalue weighted by molar-refractivity contribution is 5.89. The van der Waals surface area contributed by atoms with E-state index >= 15 is 0 Å². The largest absolute Gasteiger partial charge is 0.444 e. The molecule has 1 saturated heterocycles. The number of hydrogen-bond acceptors (Lipinski definition) is 4. The van der Waals surface area contributed by atoms with Crippen LogP contribution < -0.4 is 15.8 Å². The predicted octanol–water partition coefficient (Wildman–Crippen LogP) is 3.69. The van der Waals surface area contributed by atoms with Gasteiger partial charge < -0.3 is 14.6 Å². The van der Waals surface area contributed by atoms with Gasteiger partial charge in [0.15, 0.2) is 0 Å². The highest BCUT2D eigenvalue weighted by Gasteiger charge is 2.33. The van der Waals surface area contributed by atoms with E-state index in [1.54, 1.807) is 35.8 Å². The third kappa shape index (κ3) is 3.54. The third-order valence-corrected chi connectivity index (χ3v) is 6.32. The van der Waals surface area contributed by atoms with Crippen molar-refractivity contribution in [2.45, 2.75) is 31.9 Å². The fourth-order valence-corrected chi connectivity index (χ4v) is 4.62. The highest BCUT2D eigenvalue weighted by atomic mass is 19.1. The van der Waals surface area contributed by atoms with Gasteiger partial charge in [0.25, 0.3) is 5.56 Å². The molecular formula is C24H23F2N3O3. The molecule has 8 heteroatoms. The Labute approximate surface area is 183 Å². The van der Waals surface area contributed by atoms with Gasteiger partial charge in [0, 0.05) is 30.6 Å². The summed E-state index contributed by atoms with van der Waals surface area (Å²) in [6.07, 6.45) is -0.233. The Kier molecular flexibility index (Phi) is 5.17. The van der Waals surface area contributed by atoms with Crippen molar-refractivity contribution in [2.75, 3.05) is 24.5 Å². The molecular weight excluding hydrogens is 416 g/mol. The lowest BCUT2D eigenvalue weighted by Crippen LogP contribution is -2.28. The van der Waals surface area contributed by atoms with Crippen LogP contribution in [-0.4, -0.2) is 36.4 Å². The number of aryl methyl sites for hydroxylation is 1. The number of amides is 1. The zero-order chi connectivity index (χ0) is 22.4. The van der Waals surface area contributed by atoms with Crippen LogP contribution in [0.2, 0.25) is 0 Å². The average molecular weight is 439 g/mol. The van der Waals surface area contributed by atoms with Gasteiger partial charge in [0.2, 0.25) is 0 Å². The first-order chi connectivity index (χ1) is 15.4. The van der Waals surface area contributed by atoms with Crippen molar-refractivity contribution in [2.24, 2.45) is 0 Å². The van der Waals surface area contributed by atoms with Gasteiger partial charge in [-0.25, -0.2) is 13.6 Å². The van der Waals surface area contributed by atoms with Crippen LogP contribution in [0.15, 0.2) is 47.3 Å². The van der Waals surface area contributed by atoms with Gasteiger partial charge >= 0.3 is 6.09 Å². The number of pyridine rings is 1. The minimum atomic E-state index is -0.488. The summed E-state index contributed by atoms with van der Waals surface area (Å²) in [6.45, 7) is 3.52. The zero-order valence-corrected chi connectivity index (χ0v) is 17.6. The van der Waals surface area contributed by atoms with E-state index in [-0.39, 0.29) is 29.2 Å². The molecule has 1 fully saturated rings. The highest BCUT2D eigenvalue weighted by Crippen LogP contribution is 2.34. The molecule has 0 radical (unpaired) electrons. The summed E-state index contributed by atoms with van der Waals surface area (Å²) < 4.78 is 35.5. The van der Waals surface area contributed by atoms with E-state index in [2.05, 4.69) is 5.32 Å². The Morgan fingerprint density at radius 1 is 1.06 bits per heavy atom. The molecule has 2 atom stereocenters. The average Bonchev–Trinajstić information content (AvgIpc) is 3.34. The maximum absolute atomic E-state index is 14.6. The van der Waals surface area contributed by atoms with Gasteiger partial charge in [-0.1, -0.05) is 6.07 Å². The Balaban J connectivity index is 1.19. The fourth-order valence-electron chi connectivity index (χ4n) is 4.62. The molecule has 3 heterocycles. The molecule has 2 aliphatic heterocycles. The first-order valence-electron chi connectivity index (χ1n) is 10.7. The monoisotopic (exact) mass is 439 g/mol. The summed E-state index contributed by atoms with van der Waals surface area (Å²) >= 11 is 0. The lowest BCUT2D eigenvalue weighted by molar-refractivity contribution is 0.136. The lowest BCUT2D eigenvalue weighted by atomic mass is 9.99. The van der Waals surface area contributed by atoms with Crippen molar-refractivity contribution in [1.82, 2.24) is 9.88 Å². The van der Waals surface area contributed by atoms with Crippen LogP contribution in [0.1, 0.15) is 23.5 Å². The number of anilines is 1. The number of nitrogens with zero attached hydrogens (tertiary/aromatic N) is 2. The molecule has 1 N–H and O–H groups in total. The maximum Gasteiger partial charge on any atom is 0.414 e. The fraction of sp³-hybridized carbons (Fsp3) is 0.333. The molecule has 0 unspecified atom stereocenters. The van der Waals surface area contributed by atoms with E-state index in [9.17, 15) is 18.4 Å². The van der Waals surface area contributed by atoms with Crippen molar-refractivity contribution in [1.29, 1.82) is 0 Å². The van der Waals surface area contributed by atoms with E-state index in [1.165, 1.54) is 23.1 Å². The zero-order valence-electron chi connectivity index (χ0n) is 17.6. The normalized spacial score (nSPS) is 19.7. The first kappa shape index (κ1) is 20.6. The Morgan fingerprint density at radius 3 is 2.69 bits per heavy atom. The number of aromatic nitrogens is 1. The van der Waals surface area contributed by atoms with Gasteiger partial charge in [0.05, 0.1) is 17.7 Å². The summed E-state index contributed by atoms with van der Waals surface area (Å²) in [7, 11) is 0. The molecule has 166 valence electrons. The van der Waals surface area contributed by atoms with Crippen LogP contribution in [0.5, 0.6) is 0 Å². The molecule has 3 aromatic rings. The number of rotatable bonds is 6. The second-order valence-electron chi connectivity index (χ2n) is 8.42. The maximum atomic E-state index is 14.6. The molecule has 0 saturated carbocycles. The Morgan fingerprint density at radius 2 is 1.88 bits per heavy atom. The smallest absolute Gasteiger partial charge is 0.414 e. The number of ether oxygens (including phenoxy) is 1. The first-order valence-corrected chi connectivity index (χ1v) is 10.7. The van der Waals surface area contributed by atoms with Gasteiger partial charge in [-0.2, -0.15) is 0 Å². The third-order valence-electron chi connectivity index (χ3n) is 6.32. The van der Waals surface area contributed by atoms with Gasteiger partial charge in [-0.05, 0) is 61.2 Å². The quantitative estimate of drug-likeness (QED) is 0.595. The van der Waals surface area contributed by atoms with Crippen molar-refractivity contribution < 1.29 is 18.3 Å². The van der Waals surface area contributed by atoms with Crippen LogP contribution in [0.4, 0.5) is 19.3 Å². The van der Waals surface area contributed by atoms with Crippen LogP contribution in [0, 0.1) is 18.6 Å². The van der Waals surface area contributed by atoms with Crippen molar-refractivity contribution in [3.05, 3.63) is 75.6 Å². The van der Waals surface area contributed by atoms with E-state index in [0.29, 0.717) is 54.9 Å². The van der Waals surface area contributed by atoms with E-state index < -0.39 is 6.09 Å². The van der Waals surface area contributed by atoms with Gasteiger partial charge in [0.1, 0.15) is 17.7 Å². The van der Waals surface area contributed by atoms with Crippen LogP contribution in [0.25, 0.3) is 10.9 Å². The molecule has 5 rings (SSSR count). The van der Waals surface area contributed by atoms with Crippen molar-refractivity contribution >= 4 is 22.7 Å². The summed E-state index contributed by atoms with van der Waals surface area (Å²) in [4.78, 5) is 25.9. The SMILES string of the molecule is Cc1ccc(N2C[C@@H](CCNC[C@@H]3Cn4c(=O)ccc5ccc(F)c3c54)OC2=O)cc1F. The van der Waals surface area contributed by atoms with Crippen LogP contribution >= 0.6 is 0 Å². The Bertz CT molecular complexity index is 1270. The number of hydrogen-bond donors (Lipinski definition) is 1. The summed E-state index contributed by atoms with van der Waals surface area (Å²) in [6, 6.07) is 11.1. The van der Waals surface area contributed by atoms with Crippen LogP contribution in [0.3, 0.4) is 0 Å². The molecule has 6 nitrogen and oxygen atoms in total. The molecule has 1 aromatic heterocycles. The van der Waals surface area contributed by atoms with Crippen molar-refractivity contribution in [3.8, 4) is 0 Å². The number of cyclic esters (lactones) is 1. The minimum absolute atomic E-state index is 0.127. The van der Waals surface area contributed by atoms with Crippen molar-refractivity contribution in [3.63, 3.8) is 0 Å². The second-order valence-corrected chi connectivity index (χ2v) is 8.42. The number of carbonyl (C=O) groups is 1. The van der Waals surface area contributed by atoms with E-state index in [1.807, 2.05) is 0 Å². The Hall–Kier alpha value is -3.26. The summed E-state index contributed by atoms with van der Waals surface area (Å²) in [5.41, 5.74) is 2.12. The minimum Gasteiger partial charge on any atom is -0.444 e. The van der Waals surface area contributed by atoms with Gasteiger partial charge in [-0.15, -0.1) is 0 Å². The lowest BCUT2D eigenvalue weighted by Gasteiger charge is -2.15. The molecule has 0 bridgehead atoms. The molecule has 2 aromatic carbocycles. The predicted molar refractivity (Wildman–Crippen MR) is 117 cm³/mol. The van der Waals surface area contributed by atoms with Crippen LogP contribution in [-0.2, 0) is 11.3 Å². The summed E-state index contributed by atoms with van der Waals surface area (Å²) in [5.74, 6) is -0.807. The standard InChI is InChI=1S/C24H23F2N3O3/c1-14-2-5-17(10-20(14)26)28-13-18(32-24(28)31)8-9-27-11-16-12-29-21(30)7-4-15-3-6-19(25)22(16)23(15)29/h2-7,10,16,18,27H,8-9,11-13H2,1H3/t16-,18-/m1/s1. The second kappa shape index (κ2) is 8.02. The topological polar surface area (TPSA) is 63.6 Å². The van der Waals surface area contributed by atoms with E-state index in [0.717, 1.165) is 5.39 Å². The summed E-state index contributed by atoms with van der Waals surface area (Å²) in [5, 5.41) is 4.17. The number of benzene rings is 2. The van der Waals surface area contributed by atoms with E-state index in [4.69, 9.17) is 4.74 Å². The molecule has 32 heavy (non-hydrogen) atoms. The van der Waals surface area contributed by atoms with Gasteiger partial charge in [-0.3, -0.25) is 9.69 Å². The molecule has 1 amide bonds. The number of carbonyl (C=O) groups excluding carboxylic acids is 1. The number of nitrogens with one attached hydrogen (secondary N) is 1.